The molecule has 0 aliphatic carbocycles. The van der Waals surface area contributed by atoms with Crippen molar-refractivity contribution in [1.82, 2.24) is 0 Å². The van der Waals surface area contributed by atoms with E-state index in [-0.39, 0.29) is 37.7 Å². The van der Waals surface area contributed by atoms with Crippen molar-refractivity contribution in [2.24, 2.45) is 0 Å². The third kappa shape index (κ3) is 19.7. The summed E-state index contributed by atoms with van der Waals surface area (Å²) in [6.45, 7) is -6.25. The maximum atomic E-state index is 11.9. The first kappa shape index (κ1) is 54.1. The Kier molecular flexibility index (Phi) is 18.4. The molecule has 2 aliphatic rings. The third-order valence-electron chi connectivity index (χ3n) is 5.68. The molecule has 2 aliphatic heterocycles. The van der Waals surface area contributed by atoms with Gasteiger partial charge in [-0.25, -0.2) is 33.5 Å². The minimum absolute atomic E-state index is 0. The molecule has 8 N–H and O–H groups in total. The Morgan fingerprint density at radius 1 is 0.429 bits per heavy atom. The van der Waals surface area contributed by atoms with Crippen LogP contribution in [0.15, 0.2) is 0 Å². The minimum atomic E-state index is -6.24. The second kappa shape index (κ2) is 19.0. The number of rotatable bonds is 21. The van der Waals surface area contributed by atoms with Gasteiger partial charge in [-0.15, -0.1) is 0 Å². The second-order valence-electron chi connectivity index (χ2n) is 9.64. The molecule has 0 radical (unpaired) electrons. The van der Waals surface area contributed by atoms with E-state index in [0.717, 1.165) is 0 Å². The van der Waals surface area contributed by atoms with E-state index in [0.29, 0.717) is 0 Å². The first-order valence-electron chi connectivity index (χ1n) is 12.3. The molecule has 2 rings (SSSR count). The Morgan fingerprint density at radius 2 is 0.786 bits per heavy atom. The predicted octanol–water partition coefficient (Wildman–Crippen LogP) is -7.16. The van der Waals surface area contributed by atoms with Crippen molar-refractivity contribution in [1.29, 1.82) is 0 Å². The monoisotopic (exact) mass is 1020 g/mol. The van der Waals surface area contributed by atoms with E-state index in [4.69, 9.17) is 23.3 Å². The van der Waals surface area contributed by atoms with Crippen molar-refractivity contribution < 1.29 is 151 Å². The zero-order chi connectivity index (χ0) is 43.0. The molecule has 0 amide bonds. The van der Waals surface area contributed by atoms with Crippen molar-refractivity contribution in [3.8, 4) is 0 Å². The predicted molar refractivity (Wildman–Crippen MR) is 158 cm³/mol. The van der Waals surface area contributed by atoms with Crippen molar-refractivity contribution in [3.63, 3.8) is 0 Å². The largest absolute Gasteiger partial charge is 2.00 e. The Morgan fingerprint density at radius 3 is 1.18 bits per heavy atom. The number of hydrogen-bond donors (Lipinski definition) is 8. The Hall–Kier alpha value is 0.0997. The molecule has 2 heterocycles. The number of ether oxygens (including phenoxy) is 3. The van der Waals surface area contributed by atoms with Gasteiger partial charge in [-0.3, -0.25) is 36.4 Å². The molecule has 44 heteroatoms. The molecular formula is C12H22CaO35S8+2. The molecule has 9 atom stereocenters. The van der Waals surface area contributed by atoms with Crippen LogP contribution in [0.1, 0.15) is 0 Å². The number of hydrogen-bond acceptors (Lipinski definition) is 27. The van der Waals surface area contributed by atoms with E-state index in [1.165, 1.54) is 0 Å². The maximum Gasteiger partial charge on any atom is 2.00 e. The van der Waals surface area contributed by atoms with Crippen LogP contribution in [-0.4, -0.2) is 216 Å². The molecule has 0 unspecified atom stereocenters. The topological polar surface area (TPSA) is 536 Å². The fraction of sp³-hybridized carbons (Fsp3) is 1.00. The smallest absolute Gasteiger partial charge is 0.341 e. The van der Waals surface area contributed by atoms with E-state index in [9.17, 15) is 94.7 Å². The zero-order valence-electron chi connectivity index (χ0n) is 25.8. The van der Waals surface area contributed by atoms with Crippen LogP contribution in [0, 0.1) is 0 Å². The first-order chi connectivity index (χ1) is 24.2. The molecule has 0 aromatic rings. The van der Waals surface area contributed by atoms with E-state index < -0.39 is 158 Å². The molecule has 328 valence electrons. The quantitative estimate of drug-likeness (QED) is 0.0391. The standard InChI is InChI=1S/C12H22O35S8.Ca/c13-48(14,15)37-1-4-6(43-51(22,23)24)8(45-53(28,29)30)9(46-54(31,32)33)11(40-4)42-12(3-39-50(19,20)21)10(47-55(34,35)36)7(44-52(25,26)27)5(41-12)2-38-49(16,17)18;/h4-11H,1-3H2,(H,13,14,15)(H,16,17,18)(H,19,20,21)(H,22,23,24)(H,25,26,27)(H,28,29,30)(H,31,32,33)(H,34,35,36);/q;+2/t4-,5-,6-,7-,8+,9-,10+,11-,12+;/m1./s1. The molecule has 2 saturated heterocycles. The van der Waals surface area contributed by atoms with Crippen LogP contribution in [0.5, 0.6) is 0 Å². The van der Waals surface area contributed by atoms with Gasteiger partial charge in [0.05, 0.1) is 13.2 Å². The van der Waals surface area contributed by atoms with Crippen LogP contribution in [0.3, 0.4) is 0 Å². The average molecular weight is 1020 g/mol. The normalized spacial score (nSPS) is 30.1. The van der Waals surface area contributed by atoms with Crippen molar-refractivity contribution in [2.75, 3.05) is 19.8 Å². The summed E-state index contributed by atoms with van der Waals surface area (Å²) in [7, 11) is -48.3. The van der Waals surface area contributed by atoms with Gasteiger partial charge in [0.25, 0.3) is 0 Å². The van der Waals surface area contributed by atoms with Gasteiger partial charge in [0, 0.05) is 0 Å². The fourth-order valence-corrected chi connectivity index (χ4v) is 7.68. The van der Waals surface area contributed by atoms with E-state index in [1.54, 1.807) is 0 Å². The Labute approximate surface area is 344 Å². The summed E-state index contributed by atoms with van der Waals surface area (Å²) >= 11 is 0. The molecule has 0 saturated carbocycles. The summed E-state index contributed by atoms with van der Waals surface area (Å²) in [5, 5.41) is 0. The molecule has 35 nitrogen and oxygen atoms in total. The van der Waals surface area contributed by atoms with Crippen LogP contribution >= 0.6 is 0 Å². The van der Waals surface area contributed by atoms with Crippen molar-refractivity contribution in [3.05, 3.63) is 0 Å². The van der Waals surface area contributed by atoms with Gasteiger partial charge in [0.2, 0.25) is 5.79 Å². The van der Waals surface area contributed by atoms with Crippen LogP contribution in [0.25, 0.3) is 0 Å². The van der Waals surface area contributed by atoms with Crippen molar-refractivity contribution >= 4 is 121 Å². The maximum absolute atomic E-state index is 11.9. The summed E-state index contributed by atoms with van der Waals surface area (Å²) in [5.41, 5.74) is 0. The summed E-state index contributed by atoms with van der Waals surface area (Å²) in [6.07, 6.45) is -26.0. The average Bonchev–Trinajstić information content (AvgIpc) is 3.15. The summed E-state index contributed by atoms with van der Waals surface area (Å²) in [5.74, 6) is -4.12. The van der Waals surface area contributed by atoms with E-state index >= 15 is 0 Å². The molecule has 0 aromatic carbocycles. The molecule has 0 aromatic heterocycles. The first-order valence-corrected chi connectivity index (χ1v) is 23.2. The van der Waals surface area contributed by atoms with Crippen LogP contribution in [-0.2, 0) is 131 Å². The molecule has 0 bridgehead atoms. The summed E-state index contributed by atoms with van der Waals surface area (Å²) in [6, 6.07) is 0. The Balaban J connectivity index is 0.0000157. The van der Waals surface area contributed by atoms with Gasteiger partial charge in [-0.2, -0.15) is 67.3 Å². The Bertz CT molecular complexity index is 2280. The van der Waals surface area contributed by atoms with Gasteiger partial charge in [-0.1, -0.05) is 0 Å². The molecule has 0 spiro atoms. The molecular weight excluding hydrogens is 1000 g/mol. The minimum Gasteiger partial charge on any atom is -0.341 e. The summed E-state index contributed by atoms with van der Waals surface area (Å²) in [4.78, 5) is 0. The van der Waals surface area contributed by atoms with E-state index in [2.05, 4.69) is 33.5 Å². The third-order valence-corrected chi connectivity index (χ3v) is 9.28. The van der Waals surface area contributed by atoms with Crippen molar-refractivity contribution in [2.45, 2.75) is 54.8 Å². The van der Waals surface area contributed by atoms with Gasteiger partial charge < -0.3 is 14.2 Å². The van der Waals surface area contributed by atoms with E-state index in [1.807, 2.05) is 0 Å². The molecule has 56 heavy (non-hydrogen) atoms. The van der Waals surface area contributed by atoms with Gasteiger partial charge in [-0.05, 0) is 0 Å². The van der Waals surface area contributed by atoms with Gasteiger partial charge in [0.15, 0.2) is 18.5 Å². The van der Waals surface area contributed by atoms with Gasteiger partial charge in [0.1, 0.15) is 37.1 Å². The fourth-order valence-electron chi connectivity index (χ4n) is 4.24. The zero-order valence-corrected chi connectivity index (χ0v) is 34.6. The SMILES string of the molecule is O=S(=O)(O)OC[C@H]1O[C@@](COS(=O)(=O)O)(O[C@H]2O[C@H](COS(=O)(=O)O)[C@@H](OS(=O)(=O)O)[C@H](OS(=O)(=O)O)[C@H]2OS(=O)(=O)O)[C@@H](OS(=O)(=O)O)[C@@H]1OS(=O)(=O)O.[Ca+2]. The summed E-state index contributed by atoms with van der Waals surface area (Å²) < 4.78 is 307. The molecule has 2 fully saturated rings. The van der Waals surface area contributed by atoms with Gasteiger partial charge >= 0.3 is 121 Å². The van der Waals surface area contributed by atoms with Crippen LogP contribution in [0.2, 0.25) is 0 Å². The van der Waals surface area contributed by atoms with Crippen LogP contribution < -0.4 is 0 Å². The second-order valence-corrected chi connectivity index (χ2v) is 18.2. The van der Waals surface area contributed by atoms with Crippen LogP contribution in [0.4, 0.5) is 0 Å².